The number of rotatable bonds is 2. The van der Waals surface area contributed by atoms with E-state index in [0.717, 1.165) is 4.90 Å². The molecule has 1 aliphatic rings. The smallest absolute Gasteiger partial charge is 0.323 e. The second-order valence-corrected chi connectivity index (χ2v) is 3.14. The maximum Gasteiger partial charge on any atom is 0.323 e. The number of hydrogen-bond acceptors (Lipinski definition) is 3. The number of nitrogens with zero attached hydrogens (tertiary/aromatic N) is 1. The van der Waals surface area contributed by atoms with Gasteiger partial charge in [-0.05, 0) is 12.1 Å². The van der Waals surface area contributed by atoms with Crippen molar-refractivity contribution in [1.82, 2.24) is 4.90 Å². The highest BCUT2D eigenvalue weighted by Gasteiger charge is 2.35. The summed E-state index contributed by atoms with van der Waals surface area (Å²) in [4.78, 5) is 34.3. The third kappa shape index (κ3) is 1.38. The summed E-state index contributed by atoms with van der Waals surface area (Å²) >= 11 is 0. The predicted octanol–water partition coefficient (Wildman–Crippen LogP) is 0.367. The first-order valence-electron chi connectivity index (χ1n) is 4.28. The van der Waals surface area contributed by atoms with E-state index in [1.807, 2.05) is 0 Å². The standard InChI is InChI=1S/C10H7NO4/c12-8(13)5-11-9(14)6-3-1-2-4-7(6)10(11)15/h1-4H,5H2,(H,12,13)/i8+1. The van der Waals surface area contributed by atoms with Gasteiger partial charge in [0.05, 0.1) is 11.1 Å². The molecule has 1 aromatic carbocycles. The summed E-state index contributed by atoms with van der Waals surface area (Å²) in [5.74, 6) is -2.29. The SMILES string of the molecule is O=C1c2ccccc2C(=O)N1C[13C](=O)O. The van der Waals surface area contributed by atoms with Crippen molar-refractivity contribution in [2.24, 2.45) is 0 Å². The summed E-state index contributed by atoms with van der Waals surface area (Å²) in [7, 11) is 0. The molecule has 2 amide bonds. The molecule has 0 unspecified atom stereocenters. The minimum absolute atomic E-state index is 0.267. The van der Waals surface area contributed by atoms with E-state index in [1.165, 1.54) is 12.1 Å². The number of benzene rings is 1. The first-order valence-corrected chi connectivity index (χ1v) is 4.28. The van der Waals surface area contributed by atoms with Crippen LogP contribution < -0.4 is 0 Å². The number of imide groups is 1. The maximum absolute atomic E-state index is 11.6. The van der Waals surface area contributed by atoms with Crippen LogP contribution in [0.4, 0.5) is 0 Å². The number of aliphatic carboxylic acids is 1. The van der Waals surface area contributed by atoms with Crippen LogP contribution in [-0.4, -0.2) is 34.3 Å². The Balaban J connectivity index is 2.41. The molecule has 0 aliphatic carbocycles. The van der Waals surface area contributed by atoms with E-state index in [9.17, 15) is 14.4 Å². The van der Waals surface area contributed by atoms with Crippen LogP contribution in [0.15, 0.2) is 24.3 Å². The van der Waals surface area contributed by atoms with Crippen LogP contribution in [0.5, 0.6) is 0 Å². The van der Waals surface area contributed by atoms with Crippen LogP contribution in [0.25, 0.3) is 0 Å². The summed E-state index contributed by atoms with van der Waals surface area (Å²) < 4.78 is 0. The molecule has 0 radical (unpaired) electrons. The summed E-state index contributed by atoms with van der Waals surface area (Å²) in [5, 5.41) is 8.54. The fourth-order valence-corrected chi connectivity index (χ4v) is 1.52. The van der Waals surface area contributed by atoms with Crippen LogP contribution >= 0.6 is 0 Å². The molecule has 15 heavy (non-hydrogen) atoms. The lowest BCUT2D eigenvalue weighted by molar-refractivity contribution is -0.137. The second-order valence-electron chi connectivity index (χ2n) is 3.14. The van der Waals surface area contributed by atoms with Crippen molar-refractivity contribution < 1.29 is 19.5 Å². The molecule has 2 rings (SSSR count). The summed E-state index contributed by atoms with van der Waals surface area (Å²) in [6.45, 7) is -0.591. The third-order valence-electron chi connectivity index (χ3n) is 2.17. The Bertz CT molecular complexity index is 431. The highest BCUT2D eigenvalue weighted by molar-refractivity contribution is 6.22. The normalized spacial score (nSPS) is 14.3. The molecule has 0 spiro atoms. The molecule has 0 bridgehead atoms. The molecule has 0 saturated carbocycles. The van der Waals surface area contributed by atoms with Crippen LogP contribution in [0.2, 0.25) is 0 Å². The first kappa shape index (κ1) is 9.39. The largest absolute Gasteiger partial charge is 0.480 e. The Morgan fingerprint density at radius 3 is 2.00 bits per heavy atom. The summed E-state index contributed by atoms with van der Waals surface area (Å²) in [6, 6.07) is 6.29. The lowest BCUT2D eigenvalue weighted by Gasteiger charge is -2.09. The van der Waals surface area contributed by atoms with Gasteiger partial charge in [-0.3, -0.25) is 19.3 Å². The molecule has 5 nitrogen and oxygen atoms in total. The Morgan fingerprint density at radius 2 is 1.60 bits per heavy atom. The molecule has 1 heterocycles. The number of carboxylic acid groups (broad SMARTS) is 1. The van der Waals surface area contributed by atoms with Crippen LogP contribution in [0.1, 0.15) is 20.7 Å². The Morgan fingerprint density at radius 1 is 1.13 bits per heavy atom. The zero-order valence-corrected chi connectivity index (χ0v) is 7.64. The monoisotopic (exact) mass is 206 g/mol. The van der Waals surface area contributed by atoms with E-state index < -0.39 is 24.3 Å². The Kier molecular flexibility index (Phi) is 2.00. The molecule has 1 N–H and O–H groups in total. The van der Waals surface area contributed by atoms with Gasteiger partial charge in [0.2, 0.25) is 0 Å². The van der Waals surface area contributed by atoms with Gasteiger partial charge in [0, 0.05) is 0 Å². The Labute approximate surface area is 84.9 Å². The van der Waals surface area contributed by atoms with Crippen LogP contribution in [0.3, 0.4) is 0 Å². The molecule has 1 aliphatic heterocycles. The van der Waals surface area contributed by atoms with Gasteiger partial charge < -0.3 is 5.11 Å². The van der Waals surface area contributed by atoms with Gasteiger partial charge in [-0.1, -0.05) is 12.1 Å². The van der Waals surface area contributed by atoms with Crippen molar-refractivity contribution in [1.29, 1.82) is 0 Å². The minimum atomic E-state index is -1.20. The fraction of sp³-hybridized carbons (Fsp3) is 0.100. The summed E-state index contributed by atoms with van der Waals surface area (Å²) in [6.07, 6.45) is 0. The van der Waals surface area contributed by atoms with E-state index in [-0.39, 0.29) is 11.1 Å². The zero-order valence-electron chi connectivity index (χ0n) is 7.64. The zero-order chi connectivity index (χ0) is 11.0. The molecule has 0 atom stereocenters. The van der Waals surface area contributed by atoms with Crippen LogP contribution in [-0.2, 0) is 4.79 Å². The minimum Gasteiger partial charge on any atom is -0.480 e. The van der Waals surface area contributed by atoms with E-state index in [2.05, 4.69) is 0 Å². The lowest BCUT2D eigenvalue weighted by atomic mass is 10.1. The van der Waals surface area contributed by atoms with E-state index >= 15 is 0 Å². The molecule has 76 valence electrons. The molecule has 1 aromatic rings. The van der Waals surface area contributed by atoms with Gasteiger partial charge in [0.25, 0.3) is 11.8 Å². The van der Waals surface area contributed by atoms with Gasteiger partial charge in [0.15, 0.2) is 0 Å². The fourth-order valence-electron chi connectivity index (χ4n) is 1.52. The topological polar surface area (TPSA) is 74.7 Å². The quantitative estimate of drug-likeness (QED) is 0.560. The Hall–Kier alpha value is -2.17. The van der Waals surface area contributed by atoms with Crippen molar-refractivity contribution in [3.63, 3.8) is 0 Å². The van der Waals surface area contributed by atoms with Crippen molar-refractivity contribution in [2.75, 3.05) is 6.54 Å². The molecular formula is C10H7NO4. The highest BCUT2D eigenvalue weighted by Crippen LogP contribution is 2.21. The molecular weight excluding hydrogens is 199 g/mol. The van der Waals surface area contributed by atoms with E-state index in [0.29, 0.717) is 0 Å². The highest BCUT2D eigenvalue weighted by atomic mass is 16.5. The number of carboxylic acids is 1. The van der Waals surface area contributed by atoms with Crippen molar-refractivity contribution in [3.05, 3.63) is 35.4 Å². The number of carbonyl (C=O) groups is 3. The molecule has 0 aromatic heterocycles. The van der Waals surface area contributed by atoms with Gasteiger partial charge in [-0.25, -0.2) is 0 Å². The third-order valence-corrected chi connectivity index (χ3v) is 2.17. The molecule has 0 saturated heterocycles. The van der Waals surface area contributed by atoms with E-state index in [4.69, 9.17) is 5.11 Å². The first-order chi connectivity index (χ1) is 7.11. The van der Waals surface area contributed by atoms with Gasteiger partial charge >= 0.3 is 5.97 Å². The average molecular weight is 206 g/mol. The van der Waals surface area contributed by atoms with Crippen molar-refractivity contribution in [2.45, 2.75) is 0 Å². The number of carbonyl (C=O) groups excluding carboxylic acids is 2. The molecule has 0 fully saturated rings. The summed E-state index contributed by atoms with van der Waals surface area (Å²) in [5.41, 5.74) is 0.535. The number of fused-ring (bicyclic) bond motifs is 1. The van der Waals surface area contributed by atoms with Crippen molar-refractivity contribution >= 4 is 17.8 Å². The van der Waals surface area contributed by atoms with Crippen LogP contribution in [0, 0.1) is 0 Å². The predicted molar refractivity (Wildman–Crippen MR) is 49.4 cm³/mol. The maximum atomic E-state index is 11.6. The van der Waals surface area contributed by atoms with Gasteiger partial charge in [-0.2, -0.15) is 0 Å². The molecule has 5 heteroatoms. The number of hydrogen-bond donors (Lipinski definition) is 1. The van der Waals surface area contributed by atoms with Gasteiger partial charge in [0.1, 0.15) is 6.54 Å². The van der Waals surface area contributed by atoms with E-state index in [1.54, 1.807) is 12.1 Å². The van der Waals surface area contributed by atoms with Gasteiger partial charge in [-0.15, -0.1) is 0 Å². The number of amides is 2. The lowest BCUT2D eigenvalue weighted by Crippen LogP contribution is -2.34. The second kappa shape index (κ2) is 3.20. The van der Waals surface area contributed by atoms with Crippen molar-refractivity contribution in [3.8, 4) is 0 Å². The average Bonchev–Trinajstić information content (AvgIpc) is 2.44.